The van der Waals surface area contributed by atoms with Crippen molar-refractivity contribution in [2.45, 2.75) is 45.3 Å². The van der Waals surface area contributed by atoms with Crippen LogP contribution in [0.15, 0.2) is 4.99 Å². The summed E-state index contributed by atoms with van der Waals surface area (Å²) in [6, 6.07) is 0.452. The van der Waals surface area contributed by atoms with Gasteiger partial charge in [-0.05, 0) is 26.2 Å². The largest absolute Gasteiger partial charge is 0.378 e. The van der Waals surface area contributed by atoms with Gasteiger partial charge in [0, 0.05) is 19.2 Å². The number of aliphatic imine (C=N–C) groups is 1. The zero-order valence-corrected chi connectivity index (χ0v) is 9.62. The highest BCUT2D eigenvalue weighted by atomic mass is 16.5. The minimum absolute atomic E-state index is 0.415. The van der Waals surface area contributed by atoms with Crippen molar-refractivity contribution in [1.29, 1.82) is 0 Å². The zero-order valence-electron chi connectivity index (χ0n) is 9.62. The van der Waals surface area contributed by atoms with Gasteiger partial charge in [-0.3, -0.25) is 10.4 Å². The van der Waals surface area contributed by atoms with E-state index in [1.54, 1.807) is 0 Å². The summed E-state index contributed by atoms with van der Waals surface area (Å²) >= 11 is 0. The summed E-state index contributed by atoms with van der Waals surface area (Å²) in [6.07, 6.45) is 3.53. The molecule has 1 aliphatic rings. The second-order valence-corrected chi connectivity index (χ2v) is 3.76. The van der Waals surface area contributed by atoms with Gasteiger partial charge in [-0.2, -0.15) is 0 Å². The minimum atomic E-state index is 0.415. The number of hydrazine groups is 1. The van der Waals surface area contributed by atoms with Gasteiger partial charge in [0.1, 0.15) is 0 Å². The Labute approximate surface area is 91.4 Å². The Bertz CT molecular complexity index is 202. The van der Waals surface area contributed by atoms with Gasteiger partial charge >= 0.3 is 0 Å². The SMILES string of the molecule is CCCN=C(NN)NC1CC(OCC)C1. The van der Waals surface area contributed by atoms with E-state index in [9.17, 15) is 0 Å². The number of guanidine groups is 1. The van der Waals surface area contributed by atoms with Gasteiger partial charge in [0.05, 0.1) is 6.10 Å². The molecule has 0 aromatic heterocycles. The molecule has 0 spiro atoms. The predicted octanol–water partition coefficient (Wildman–Crippen LogP) is 0.373. The van der Waals surface area contributed by atoms with E-state index in [4.69, 9.17) is 10.6 Å². The first-order valence-electron chi connectivity index (χ1n) is 5.69. The molecule has 15 heavy (non-hydrogen) atoms. The van der Waals surface area contributed by atoms with Crippen LogP contribution in [0.1, 0.15) is 33.1 Å². The maximum Gasteiger partial charge on any atom is 0.205 e. The topological polar surface area (TPSA) is 71.7 Å². The van der Waals surface area contributed by atoms with Gasteiger partial charge in [-0.15, -0.1) is 0 Å². The molecule has 1 fully saturated rings. The van der Waals surface area contributed by atoms with E-state index in [2.05, 4.69) is 22.7 Å². The molecular formula is C10H22N4O. The molecule has 88 valence electrons. The van der Waals surface area contributed by atoms with Crippen LogP contribution >= 0.6 is 0 Å². The van der Waals surface area contributed by atoms with Crippen LogP contribution in [0.4, 0.5) is 0 Å². The quantitative estimate of drug-likeness (QED) is 0.268. The van der Waals surface area contributed by atoms with E-state index < -0.39 is 0 Å². The molecule has 0 amide bonds. The summed E-state index contributed by atoms with van der Waals surface area (Å²) in [5, 5.41) is 3.26. The molecule has 1 rings (SSSR count). The molecule has 0 aliphatic heterocycles. The van der Waals surface area contributed by atoms with Crippen molar-refractivity contribution in [2.24, 2.45) is 10.8 Å². The zero-order chi connectivity index (χ0) is 11.1. The van der Waals surface area contributed by atoms with Gasteiger partial charge in [-0.25, -0.2) is 5.84 Å². The number of nitrogens with two attached hydrogens (primary N) is 1. The Hall–Kier alpha value is -0.810. The second-order valence-electron chi connectivity index (χ2n) is 3.76. The first kappa shape index (κ1) is 12.3. The molecule has 5 nitrogen and oxygen atoms in total. The second kappa shape index (κ2) is 6.63. The fourth-order valence-electron chi connectivity index (χ4n) is 1.61. The van der Waals surface area contributed by atoms with E-state index >= 15 is 0 Å². The molecule has 4 N–H and O–H groups in total. The number of hydrogen-bond donors (Lipinski definition) is 3. The molecule has 0 aromatic carbocycles. The molecule has 1 saturated carbocycles. The van der Waals surface area contributed by atoms with Gasteiger partial charge in [-0.1, -0.05) is 6.92 Å². The third-order valence-electron chi connectivity index (χ3n) is 2.47. The number of rotatable bonds is 5. The molecule has 0 unspecified atom stereocenters. The Balaban J connectivity index is 2.18. The molecule has 0 bridgehead atoms. The molecular weight excluding hydrogens is 192 g/mol. The molecule has 0 atom stereocenters. The fraction of sp³-hybridized carbons (Fsp3) is 0.900. The van der Waals surface area contributed by atoms with Gasteiger partial charge < -0.3 is 10.1 Å². The summed E-state index contributed by atoms with van der Waals surface area (Å²) in [5.41, 5.74) is 2.58. The van der Waals surface area contributed by atoms with E-state index in [-0.39, 0.29) is 0 Å². The summed E-state index contributed by atoms with van der Waals surface area (Å²) in [7, 11) is 0. The summed E-state index contributed by atoms with van der Waals surface area (Å²) in [5.74, 6) is 6.05. The van der Waals surface area contributed by atoms with Crippen molar-refractivity contribution < 1.29 is 4.74 Å². The number of ether oxygens (including phenoxy) is 1. The van der Waals surface area contributed by atoms with Crippen molar-refractivity contribution in [3.63, 3.8) is 0 Å². The van der Waals surface area contributed by atoms with Crippen LogP contribution in [0, 0.1) is 0 Å². The molecule has 0 aromatic rings. The third-order valence-corrected chi connectivity index (χ3v) is 2.47. The molecule has 0 heterocycles. The van der Waals surface area contributed by atoms with Crippen LogP contribution < -0.4 is 16.6 Å². The van der Waals surface area contributed by atoms with Gasteiger partial charge in [0.25, 0.3) is 0 Å². The normalized spacial score (nSPS) is 25.9. The molecule has 0 saturated heterocycles. The lowest BCUT2D eigenvalue weighted by Gasteiger charge is -2.35. The van der Waals surface area contributed by atoms with Crippen molar-refractivity contribution in [1.82, 2.24) is 10.7 Å². The van der Waals surface area contributed by atoms with Crippen LogP contribution in [0.2, 0.25) is 0 Å². The summed E-state index contributed by atoms with van der Waals surface area (Å²) in [6.45, 7) is 5.71. The Morgan fingerprint density at radius 2 is 2.20 bits per heavy atom. The third kappa shape index (κ3) is 4.05. The van der Waals surface area contributed by atoms with Crippen molar-refractivity contribution in [3.05, 3.63) is 0 Å². The number of nitrogens with one attached hydrogen (secondary N) is 2. The lowest BCUT2D eigenvalue weighted by molar-refractivity contribution is -0.00579. The van der Waals surface area contributed by atoms with Crippen LogP contribution in [0.5, 0.6) is 0 Å². The first-order chi connectivity index (χ1) is 7.30. The van der Waals surface area contributed by atoms with Crippen molar-refractivity contribution in [2.75, 3.05) is 13.2 Å². The van der Waals surface area contributed by atoms with E-state index in [1.807, 2.05) is 6.92 Å². The Morgan fingerprint density at radius 3 is 2.73 bits per heavy atom. The molecule has 0 radical (unpaired) electrons. The van der Waals surface area contributed by atoms with Gasteiger partial charge in [0.15, 0.2) is 0 Å². The van der Waals surface area contributed by atoms with Crippen LogP contribution in [0.3, 0.4) is 0 Å². The highest BCUT2D eigenvalue weighted by molar-refractivity contribution is 5.79. The number of nitrogens with zero attached hydrogens (tertiary/aromatic N) is 1. The highest BCUT2D eigenvalue weighted by Crippen LogP contribution is 2.22. The van der Waals surface area contributed by atoms with E-state index in [1.165, 1.54) is 0 Å². The Kier molecular flexibility index (Phi) is 5.42. The lowest BCUT2D eigenvalue weighted by atomic mass is 9.89. The summed E-state index contributed by atoms with van der Waals surface area (Å²) < 4.78 is 5.47. The maximum atomic E-state index is 5.47. The Morgan fingerprint density at radius 1 is 1.47 bits per heavy atom. The highest BCUT2D eigenvalue weighted by Gasteiger charge is 2.29. The van der Waals surface area contributed by atoms with Crippen LogP contribution in [-0.4, -0.2) is 31.3 Å². The van der Waals surface area contributed by atoms with Crippen molar-refractivity contribution >= 4 is 5.96 Å². The smallest absolute Gasteiger partial charge is 0.205 e. The average molecular weight is 214 g/mol. The maximum absolute atomic E-state index is 5.47. The number of hydrogen-bond acceptors (Lipinski definition) is 3. The van der Waals surface area contributed by atoms with Gasteiger partial charge in [0.2, 0.25) is 5.96 Å². The first-order valence-corrected chi connectivity index (χ1v) is 5.69. The average Bonchev–Trinajstić information content (AvgIpc) is 2.20. The van der Waals surface area contributed by atoms with E-state index in [0.717, 1.165) is 32.4 Å². The summed E-state index contributed by atoms with van der Waals surface area (Å²) in [4.78, 5) is 4.28. The van der Waals surface area contributed by atoms with Crippen LogP contribution in [0.25, 0.3) is 0 Å². The van der Waals surface area contributed by atoms with E-state index in [0.29, 0.717) is 18.1 Å². The monoisotopic (exact) mass is 214 g/mol. The molecule has 1 aliphatic carbocycles. The predicted molar refractivity (Wildman–Crippen MR) is 61.5 cm³/mol. The standard InChI is InChI=1S/C10H22N4O/c1-3-5-12-10(14-11)13-8-6-9(7-8)15-4-2/h8-9H,3-7,11H2,1-2H3,(H2,12,13,14). The molecule has 5 heteroatoms. The fourth-order valence-corrected chi connectivity index (χ4v) is 1.61. The minimum Gasteiger partial charge on any atom is -0.378 e. The van der Waals surface area contributed by atoms with Crippen molar-refractivity contribution in [3.8, 4) is 0 Å². The van der Waals surface area contributed by atoms with Crippen LogP contribution in [-0.2, 0) is 4.74 Å². The lowest BCUT2D eigenvalue weighted by Crippen LogP contribution is -2.53.